The largest absolute Gasteiger partial charge is 0.252 e. The van der Waals surface area contributed by atoms with Gasteiger partial charge in [-0.05, 0) is 25.0 Å². The number of thiazole rings is 1. The normalized spacial score (nSPS) is 17.1. The Morgan fingerprint density at radius 2 is 1.83 bits per heavy atom. The van der Waals surface area contributed by atoms with Gasteiger partial charge in [0.2, 0.25) is 10.0 Å². The van der Waals surface area contributed by atoms with Crippen LogP contribution >= 0.6 is 11.3 Å². The van der Waals surface area contributed by atoms with Crippen LogP contribution in [0.2, 0.25) is 0 Å². The molecule has 1 atom stereocenters. The average Bonchev–Trinajstić information content (AvgIpc) is 3.34. The van der Waals surface area contributed by atoms with E-state index in [0.29, 0.717) is 18.0 Å². The number of nitrogens with zero attached hydrogens (tertiary/aromatic N) is 5. The molecule has 3 heterocycles. The van der Waals surface area contributed by atoms with Crippen molar-refractivity contribution in [2.24, 2.45) is 0 Å². The van der Waals surface area contributed by atoms with Crippen LogP contribution in [0, 0.1) is 0 Å². The second kappa shape index (κ2) is 8.73. The highest BCUT2D eigenvalue weighted by Crippen LogP contribution is 2.29. The van der Waals surface area contributed by atoms with Gasteiger partial charge in [0.05, 0.1) is 22.1 Å². The second-order valence-electron chi connectivity index (χ2n) is 7.43. The summed E-state index contributed by atoms with van der Waals surface area (Å²) >= 11 is 1.61. The van der Waals surface area contributed by atoms with E-state index in [9.17, 15) is 8.42 Å². The first kappa shape index (κ1) is 20.2. The van der Waals surface area contributed by atoms with Crippen molar-refractivity contribution in [1.82, 2.24) is 24.1 Å². The molecule has 154 valence electrons. The van der Waals surface area contributed by atoms with Gasteiger partial charge in [0.15, 0.2) is 0 Å². The molecule has 0 saturated carbocycles. The van der Waals surface area contributed by atoms with E-state index in [2.05, 4.69) is 17.0 Å². The Bertz CT molecular complexity index is 1020. The number of aromatic nitrogens is 4. The van der Waals surface area contributed by atoms with Crippen molar-refractivity contribution in [3.8, 4) is 11.3 Å². The maximum Gasteiger partial charge on any atom is 0.243 e. The van der Waals surface area contributed by atoms with Crippen LogP contribution in [0.5, 0.6) is 0 Å². The highest BCUT2D eigenvalue weighted by molar-refractivity contribution is 7.89. The molecule has 3 aromatic rings. The Morgan fingerprint density at radius 1 is 1.10 bits per heavy atom. The molecular formula is C20H25N5O2S2. The molecule has 0 aliphatic carbocycles. The molecule has 0 bridgehead atoms. The van der Waals surface area contributed by atoms with Crippen molar-refractivity contribution < 1.29 is 8.42 Å². The van der Waals surface area contributed by atoms with Crippen molar-refractivity contribution >= 4 is 21.4 Å². The molecule has 1 fully saturated rings. The smallest absolute Gasteiger partial charge is 0.243 e. The number of hydrogen-bond acceptors (Lipinski definition) is 6. The number of hydrogen-bond donors (Lipinski definition) is 0. The summed E-state index contributed by atoms with van der Waals surface area (Å²) in [6.45, 7) is 4.06. The SMILES string of the molecule is C[C@H](Cn1cncn1)c1nc(-c2ccc(S(=O)(=O)N3CCCCCC3)cc2)cs1. The molecule has 1 aliphatic heterocycles. The molecule has 4 rings (SSSR count). The predicted molar refractivity (Wildman–Crippen MR) is 113 cm³/mol. The van der Waals surface area contributed by atoms with Crippen molar-refractivity contribution in [3.05, 3.63) is 47.3 Å². The fraction of sp³-hybridized carbons (Fsp3) is 0.450. The quantitative estimate of drug-likeness (QED) is 0.593. The fourth-order valence-corrected chi connectivity index (χ4v) is 5.96. The maximum absolute atomic E-state index is 12.9. The zero-order valence-corrected chi connectivity index (χ0v) is 18.1. The van der Waals surface area contributed by atoms with Crippen LogP contribution in [-0.2, 0) is 16.6 Å². The van der Waals surface area contributed by atoms with Crippen LogP contribution in [-0.4, -0.2) is 45.6 Å². The molecule has 2 aromatic heterocycles. The standard InChI is InChI=1S/C20H25N5O2S2/c1-16(12-24-15-21-14-22-24)20-23-19(13-28-20)17-6-8-18(9-7-17)29(26,27)25-10-4-2-3-5-11-25/h6-9,13-16H,2-5,10-12H2,1H3/t16-/m1/s1. The summed E-state index contributed by atoms with van der Waals surface area (Å²) < 4.78 is 29.3. The molecule has 0 radical (unpaired) electrons. The summed E-state index contributed by atoms with van der Waals surface area (Å²) in [6, 6.07) is 7.11. The van der Waals surface area contributed by atoms with Crippen LogP contribution in [0.3, 0.4) is 0 Å². The van der Waals surface area contributed by atoms with Crippen LogP contribution in [0.1, 0.15) is 43.5 Å². The number of rotatable bonds is 6. The van der Waals surface area contributed by atoms with Crippen molar-refractivity contribution in [1.29, 1.82) is 0 Å². The third-order valence-electron chi connectivity index (χ3n) is 5.22. The van der Waals surface area contributed by atoms with Gasteiger partial charge in [-0.25, -0.2) is 18.4 Å². The monoisotopic (exact) mass is 431 g/mol. The van der Waals surface area contributed by atoms with Crippen LogP contribution in [0.4, 0.5) is 0 Å². The lowest BCUT2D eigenvalue weighted by Crippen LogP contribution is -2.31. The van der Waals surface area contributed by atoms with E-state index in [1.807, 2.05) is 17.5 Å². The zero-order chi connectivity index (χ0) is 20.3. The number of sulfonamides is 1. The molecule has 0 spiro atoms. The Labute approximate surface area is 175 Å². The van der Waals surface area contributed by atoms with Crippen LogP contribution < -0.4 is 0 Å². The van der Waals surface area contributed by atoms with E-state index in [0.717, 1.165) is 48.5 Å². The van der Waals surface area contributed by atoms with Crippen LogP contribution in [0.15, 0.2) is 47.2 Å². The van der Waals surface area contributed by atoms with Gasteiger partial charge < -0.3 is 0 Å². The lowest BCUT2D eigenvalue weighted by molar-refractivity contribution is 0.424. The highest BCUT2D eigenvalue weighted by atomic mass is 32.2. The Hall–Kier alpha value is -2.10. The van der Waals surface area contributed by atoms with Gasteiger partial charge in [-0.15, -0.1) is 11.3 Å². The summed E-state index contributed by atoms with van der Waals surface area (Å²) in [5.41, 5.74) is 1.80. The molecule has 1 aliphatic rings. The molecule has 29 heavy (non-hydrogen) atoms. The van der Waals surface area contributed by atoms with Gasteiger partial charge >= 0.3 is 0 Å². The lowest BCUT2D eigenvalue weighted by Gasteiger charge is -2.20. The first-order valence-electron chi connectivity index (χ1n) is 9.92. The number of benzene rings is 1. The van der Waals surface area contributed by atoms with Crippen molar-refractivity contribution in [2.75, 3.05) is 13.1 Å². The summed E-state index contributed by atoms with van der Waals surface area (Å²) in [5, 5.41) is 7.19. The fourth-order valence-electron chi connectivity index (χ4n) is 3.56. The van der Waals surface area contributed by atoms with Gasteiger partial charge in [-0.2, -0.15) is 9.40 Å². The third kappa shape index (κ3) is 4.57. The van der Waals surface area contributed by atoms with Crippen molar-refractivity contribution in [2.45, 2.75) is 50.0 Å². The summed E-state index contributed by atoms with van der Waals surface area (Å²) in [6.07, 6.45) is 7.31. The van der Waals surface area contributed by atoms with Gasteiger partial charge in [0, 0.05) is 30.0 Å². The highest BCUT2D eigenvalue weighted by Gasteiger charge is 2.25. The summed E-state index contributed by atoms with van der Waals surface area (Å²) in [7, 11) is -3.42. The van der Waals surface area contributed by atoms with E-state index in [4.69, 9.17) is 4.98 Å². The minimum absolute atomic E-state index is 0.220. The molecule has 1 saturated heterocycles. The van der Waals surface area contributed by atoms with Gasteiger partial charge in [-0.3, -0.25) is 4.68 Å². The first-order valence-corrected chi connectivity index (χ1v) is 12.2. The van der Waals surface area contributed by atoms with Gasteiger partial charge in [0.1, 0.15) is 12.7 Å². The topological polar surface area (TPSA) is 81.0 Å². The molecule has 1 aromatic carbocycles. The van der Waals surface area contributed by atoms with E-state index < -0.39 is 10.0 Å². The zero-order valence-electron chi connectivity index (χ0n) is 16.4. The minimum atomic E-state index is -3.42. The van der Waals surface area contributed by atoms with E-state index in [-0.39, 0.29) is 5.92 Å². The minimum Gasteiger partial charge on any atom is -0.252 e. The Kier molecular flexibility index (Phi) is 6.07. The molecule has 0 N–H and O–H groups in total. The predicted octanol–water partition coefficient (Wildman–Crippen LogP) is 3.77. The van der Waals surface area contributed by atoms with E-state index in [1.165, 1.54) is 6.33 Å². The van der Waals surface area contributed by atoms with Crippen molar-refractivity contribution in [3.63, 3.8) is 0 Å². The molecule has 9 heteroatoms. The molecule has 0 amide bonds. The van der Waals surface area contributed by atoms with E-state index >= 15 is 0 Å². The summed E-state index contributed by atoms with van der Waals surface area (Å²) in [4.78, 5) is 9.08. The second-order valence-corrected chi connectivity index (χ2v) is 10.3. The maximum atomic E-state index is 12.9. The van der Waals surface area contributed by atoms with Gasteiger partial charge in [0.25, 0.3) is 0 Å². The van der Waals surface area contributed by atoms with Gasteiger partial charge in [-0.1, -0.05) is 31.9 Å². The molecule has 0 unspecified atom stereocenters. The average molecular weight is 432 g/mol. The van der Waals surface area contributed by atoms with Crippen LogP contribution in [0.25, 0.3) is 11.3 Å². The molecular weight excluding hydrogens is 406 g/mol. The summed E-state index contributed by atoms with van der Waals surface area (Å²) in [5.74, 6) is 0.220. The first-order chi connectivity index (χ1) is 14.0. The Balaban J connectivity index is 1.48. The molecule has 7 nitrogen and oxygen atoms in total. The lowest BCUT2D eigenvalue weighted by atomic mass is 10.1. The third-order valence-corrected chi connectivity index (χ3v) is 8.21. The van der Waals surface area contributed by atoms with E-state index in [1.54, 1.807) is 38.8 Å². The Morgan fingerprint density at radius 3 is 2.48 bits per heavy atom.